The number of rotatable bonds is 2. The summed E-state index contributed by atoms with van der Waals surface area (Å²) >= 11 is 0. The molecule has 2 heteroatoms. The van der Waals surface area contributed by atoms with E-state index in [9.17, 15) is 0 Å². The third-order valence-corrected chi connectivity index (χ3v) is 2.96. The van der Waals surface area contributed by atoms with Crippen LogP contribution in [-0.4, -0.2) is 12.1 Å². The van der Waals surface area contributed by atoms with E-state index in [1.807, 2.05) is 48.5 Å². The Balaban J connectivity index is 2.13. The van der Waals surface area contributed by atoms with Crippen molar-refractivity contribution < 1.29 is 4.74 Å². The van der Waals surface area contributed by atoms with E-state index in [1.54, 1.807) is 7.11 Å². The molecule has 2 aromatic carbocycles. The molecule has 0 saturated carbocycles. The van der Waals surface area contributed by atoms with Gasteiger partial charge in [0.2, 0.25) is 0 Å². The topological polar surface area (TPSA) is 22.1 Å². The van der Waals surface area contributed by atoms with Gasteiger partial charge in [-0.1, -0.05) is 36.4 Å². The number of pyridine rings is 1. The Hall–Kier alpha value is -2.35. The van der Waals surface area contributed by atoms with Crippen molar-refractivity contribution in [1.82, 2.24) is 4.98 Å². The summed E-state index contributed by atoms with van der Waals surface area (Å²) in [6.45, 7) is 0. The van der Waals surface area contributed by atoms with Gasteiger partial charge in [0.15, 0.2) is 0 Å². The Bertz CT molecular complexity index is 691. The number of hydrogen-bond donors (Lipinski definition) is 0. The van der Waals surface area contributed by atoms with Gasteiger partial charge in [-0.2, -0.15) is 0 Å². The van der Waals surface area contributed by atoms with Gasteiger partial charge in [-0.3, -0.25) is 0 Å². The third-order valence-electron chi connectivity index (χ3n) is 2.96. The second-order valence-corrected chi connectivity index (χ2v) is 4.12. The lowest BCUT2D eigenvalue weighted by Gasteiger charge is -2.05. The van der Waals surface area contributed by atoms with Crippen molar-refractivity contribution in [2.75, 3.05) is 7.11 Å². The molecule has 2 nitrogen and oxygen atoms in total. The fourth-order valence-corrected chi connectivity index (χ4v) is 2.01. The van der Waals surface area contributed by atoms with Gasteiger partial charge in [0.25, 0.3) is 0 Å². The first-order valence-electron chi connectivity index (χ1n) is 5.87. The number of fused-ring (bicyclic) bond motifs is 1. The smallest absolute Gasteiger partial charge is 0.119 e. The highest BCUT2D eigenvalue weighted by Crippen LogP contribution is 2.24. The van der Waals surface area contributed by atoms with E-state index in [0.29, 0.717) is 0 Å². The summed E-state index contributed by atoms with van der Waals surface area (Å²) < 4.78 is 5.24. The Labute approximate surface area is 106 Å². The molecule has 0 amide bonds. The van der Waals surface area contributed by atoms with E-state index >= 15 is 0 Å². The Kier molecular flexibility index (Phi) is 2.69. The lowest BCUT2D eigenvalue weighted by atomic mass is 10.1. The second kappa shape index (κ2) is 4.49. The first kappa shape index (κ1) is 10.8. The van der Waals surface area contributed by atoms with Crippen LogP contribution in [0.1, 0.15) is 0 Å². The van der Waals surface area contributed by atoms with Gasteiger partial charge >= 0.3 is 0 Å². The number of benzene rings is 2. The van der Waals surface area contributed by atoms with Crippen LogP contribution >= 0.6 is 0 Å². The number of methoxy groups -OCH3 is 1. The maximum atomic E-state index is 5.24. The Morgan fingerprint density at radius 1 is 0.889 bits per heavy atom. The van der Waals surface area contributed by atoms with Gasteiger partial charge in [-0.15, -0.1) is 0 Å². The number of hydrogen-bond acceptors (Lipinski definition) is 2. The molecular weight excluding hydrogens is 222 g/mol. The van der Waals surface area contributed by atoms with Crippen LogP contribution in [0.2, 0.25) is 0 Å². The lowest BCUT2D eigenvalue weighted by molar-refractivity contribution is 0.415. The minimum Gasteiger partial charge on any atom is -0.497 e. The second-order valence-electron chi connectivity index (χ2n) is 4.12. The lowest BCUT2D eigenvalue weighted by Crippen LogP contribution is -1.87. The monoisotopic (exact) mass is 235 g/mol. The highest BCUT2D eigenvalue weighted by molar-refractivity contribution is 5.81. The average Bonchev–Trinajstić information content (AvgIpc) is 2.47. The van der Waals surface area contributed by atoms with Gasteiger partial charge in [-0.25, -0.2) is 4.98 Å². The van der Waals surface area contributed by atoms with Crippen molar-refractivity contribution in [1.29, 1.82) is 0 Å². The van der Waals surface area contributed by atoms with Crippen molar-refractivity contribution >= 4 is 10.9 Å². The zero-order chi connectivity index (χ0) is 12.4. The van der Waals surface area contributed by atoms with Crippen LogP contribution in [0.25, 0.3) is 22.2 Å². The molecule has 18 heavy (non-hydrogen) atoms. The average molecular weight is 235 g/mol. The van der Waals surface area contributed by atoms with E-state index in [4.69, 9.17) is 4.74 Å². The van der Waals surface area contributed by atoms with Crippen LogP contribution in [0, 0.1) is 0 Å². The Morgan fingerprint density at radius 3 is 2.67 bits per heavy atom. The molecule has 0 saturated heterocycles. The molecule has 1 heterocycles. The van der Waals surface area contributed by atoms with Crippen LogP contribution in [-0.2, 0) is 0 Å². The highest BCUT2D eigenvalue weighted by Gasteiger charge is 2.02. The predicted octanol–water partition coefficient (Wildman–Crippen LogP) is 3.91. The molecule has 0 aliphatic heterocycles. The summed E-state index contributed by atoms with van der Waals surface area (Å²) in [7, 11) is 1.67. The molecule has 88 valence electrons. The maximum absolute atomic E-state index is 5.24. The van der Waals surface area contributed by atoms with Crippen LogP contribution in [0.3, 0.4) is 0 Å². The molecule has 0 unspecified atom stereocenters. The standard InChI is InChI=1S/C16H13NO/c1-18-14-7-4-6-13(11-14)16-10-9-12-5-2-3-8-15(12)17-16/h2-11H,1H3. The molecule has 3 aromatic rings. The summed E-state index contributed by atoms with van der Waals surface area (Å²) in [5.74, 6) is 0.849. The number of ether oxygens (including phenoxy) is 1. The summed E-state index contributed by atoms with van der Waals surface area (Å²) in [6, 6.07) is 20.2. The minimum absolute atomic E-state index is 0.849. The number of para-hydroxylation sites is 1. The quantitative estimate of drug-likeness (QED) is 0.671. The SMILES string of the molecule is COc1cccc(-c2ccc3ccccc3n2)c1. The molecule has 0 N–H and O–H groups in total. The molecule has 0 fully saturated rings. The first-order valence-corrected chi connectivity index (χ1v) is 5.87. The fourth-order valence-electron chi connectivity index (χ4n) is 2.01. The van der Waals surface area contributed by atoms with Crippen LogP contribution in [0.5, 0.6) is 5.75 Å². The Morgan fingerprint density at radius 2 is 1.78 bits per heavy atom. The highest BCUT2D eigenvalue weighted by atomic mass is 16.5. The third kappa shape index (κ3) is 1.93. The van der Waals surface area contributed by atoms with Crippen molar-refractivity contribution in [2.45, 2.75) is 0 Å². The molecule has 0 atom stereocenters. The summed E-state index contributed by atoms with van der Waals surface area (Å²) in [6.07, 6.45) is 0. The zero-order valence-electron chi connectivity index (χ0n) is 10.1. The van der Waals surface area contributed by atoms with Gasteiger partial charge in [0.1, 0.15) is 5.75 Å². The van der Waals surface area contributed by atoms with Gasteiger partial charge < -0.3 is 4.74 Å². The van der Waals surface area contributed by atoms with Gasteiger partial charge in [-0.05, 0) is 24.3 Å². The fraction of sp³-hybridized carbons (Fsp3) is 0.0625. The molecule has 1 aromatic heterocycles. The van der Waals surface area contributed by atoms with E-state index < -0.39 is 0 Å². The van der Waals surface area contributed by atoms with E-state index in [1.165, 1.54) is 0 Å². The number of nitrogens with zero attached hydrogens (tertiary/aromatic N) is 1. The summed E-state index contributed by atoms with van der Waals surface area (Å²) in [4.78, 5) is 4.67. The van der Waals surface area contributed by atoms with Crippen LogP contribution in [0.15, 0.2) is 60.7 Å². The van der Waals surface area contributed by atoms with Crippen molar-refractivity contribution in [3.05, 3.63) is 60.7 Å². The van der Waals surface area contributed by atoms with Crippen LogP contribution < -0.4 is 4.74 Å². The predicted molar refractivity (Wildman–Crippen MR) is 73.7 cm³/mol. The minimum atomic E-state index is 0.849. The summed E-state index contributed by atoms with van der Waals surface area (Å²) in [5.41, 5.74) is 3.05. The van der Waals surface area contributed by atoms with E-state index in [2.05, 4.69) is 17.1 Å². The normalized spacial score (nSPS) is 10.5. The molecule has 0 spiro atoms. The van der Waals surface area contributed by atoms with Gasteiger partial charge in [0.05, 0.1) is 18.3 Å². The zero-order valence-corrected chi connectivity index (χ0v) is 10.1. The number of aromatic nitrogens is 1. The molecule has 0 aliphatic carbocycles. The molecule has 3 rings (SSSR count). The van der Waals surface area contributed by atoms with Crippen molar-refractivity contribution in [2.24, 2.45) is 0 Å². The van der Waals surface area contributed by atoms with Crippen molar-refractivity contribution in [3.8, 4) is 17.0 Å². The molecule has 0 radical (unpaired) electrons. The first-order chi connectivity index (χ1) is 8.86. The molecule has 0 aliphatic rings. The van der Waals surface area contributed by atoms with E-state index in [0.717, 1.165) is 27.9 Å². The van der Waals surface area contributed by atoms with Gasteiger partial charge in [0, 0.05) is 10.9 Å². The summed E-state index contributed by atoms with van der Waals surface area (Å²) in [5, 5.41) is 1.16. The van der Waals surface area contributed by atoms with Crippen LogP contribution in [0.4, 0.5) is 0 Å². The molecular formula is C16H13NO. The van der Waals surface area contributed by atoms with E-state index in [-0.39, 0.29) is 0 Å². The maximum Gasteiger partial charge on any atom is 0.119 e. The van der Waals surface area contributed by atoms with Crippen molar-refractivity contribution in [3.63, 3.8) is 0 Å². The molecule has 0 bridgehead atoms. The largest absolute Gasteiger partial charge is 0.497 e.